The molecule has 65 heavy (non-hydrogen) atoms. The molecule has 6 nitrogen and oxygen atoms in total. The third-order valence-corrected chi connectivity index (χ3v) is 11.7. The fourth-order valence-corrected chi connectivity index (χ4v) is 7.55. The van der Waals surface area contributed by atoms with Crippen molar-refractivity contribution in [3.8, 4) is 0 Å². The smallest absolute Gasteiger partial charge is 0.306 e. The maximum atomic E-state index is 12.8. The molecule has 0 aliphatic rings. The third-order valence-electron chi connectivity index (χ3n) is 11.7. The summed E-state index contributed by atoms with van der Waals surface area (Å²) in [5.74, 6) is -0.918. The van der Waals surface area contributed by atoms with E-state index in [1.807, 2.05) is 0 Å². The number of hydrogen-bond donors (Lipinski definition) is 0. The summed E-state index contributed by atoms with van der Waals surface area (Å²) in [5, 5.41) is 0. The lowest BCUT2D eigenvalue weighted by Crippen LogP contribution is -2.30. The Labute approximate surface area is 402 Å². The van der Waals surface area contributed by atoms with Gasteiger partial charge in [-0.25, -0.2) is 0 Å². The van der Waals surface area contributed by atoms with Crippen molar-refractivity contribution in [2.45, 2.75) is 271 Å². The minimum Gasteiger partial charge on any atom is -0.462 e. The minimum atomic E-state index is -0.789. The largest absolute Gasteiger partial charge is 0.462 e. The van der Waals surface area contributed by atoms with Gasteiger partial charge in [0.15, 0.2) is 6.10 Å². The second-order valence-electron chi connectivity index (χ2n) is 18.1. The average molecular weight is 907 g/mol. The lowest BCUT2D eigenvalue weighted by molar-refractivity contribution is -0.167. The number of carbonyl (C=O) groups is 3. The molecule has 0 aromatic carbocycles. The SMILES string of the molecule is CC/C=C\C/C=C\C/C=C\CCCCCCCCCCCC(=O)OCC(COC(=O)CCCCCC/C=C\CCCC)OC(=O)CCCCCCC/C=C\C=C/CCCCCCCCC. The lowest BCUT2D eigenvalue weighted by Gasteiger charge is -2.18. The summed E-state index contributed by atoms with van der Waals surface area (Å²) in [6, 6.07) is 0. The molecule has 0 rings (SSSR count). The van der Waals surface area contributed by atoms with Crippen LogP contribution < -0.4 is 0 Å². The van der Waals surface area contributed by atoms with Gasteiger partial charge in [-0.05, 0) is 96.3 Å². The van der Waals surface area contributed by atoms with Crippen LogP contribution >= 0.6 is 0 Å². The average Bonchev–Trinajstić information content (AvgIpc) is 3.30. The minimum absolute atomic E-state index is 0.0881. The summed E-state index contributed by atoms with van der Waals surface area (Å²) in [6.45, 7) is 6.46. The fourth-order valence-electron chi connectivity index (χ4n) is 7.55. The molecular weight excluding hydrogens is 805 g/mol. The molecule has 0 fully saturated rings. The van der Waals surface area contributed by atoms with Crippen LogP contribution in [0.15, 0.2) is 72.9 Å². The van der Waals surface area contributed by atoms with Gasteiger partial charge in [-0.15, -0.1) is 0 Å². The van der Waals surface area contributed by atoms with Gasteiger partial charge in [0.1, 0.15) is 13.2 Å². The first-order valence-electron chi connectivity index (χ1n) is 27.5. The summed E-state index contributed by atoms with van der Waals surface area (Å²) in [7, 11) is 0. The number of allylic oxidation sites excluding steroid dienone is 12. The van der Waals surface area contributed by atoms with E-state index in [0.717, 1.165) is 116 Å². The Morgan fingerprint density at radius 3 is 1.09 bits per heavy atom. The van der Waals surface area contributed by atoms with Crippen molar-refractivity contribution in [2.75, 3.05) is 13.2 Å². The van der Waals surface area contributed by atoms with Gasteiger partial charge in [-0.2, -0.15) is 0 Å². The van der Waals surface area contributed by atoms with E-state index in [1.165, 1.54) is 109 Å². The first kappa shape index (κ1) is 61.9. The molecule has 374 valence electrons. The van der Waals surface area contributed by atoms with Gasteiger partial charge in [0.25, 0.3) is 0 Å². The molecule has 1 unspecified atom stereocenters. The Bertz CT molecular complexity index is 1230. The van der Waals surface area contributed by atoms with Crippen LogP contribution in [0.3, 0.4) is 0 Å². The standard InChI is InChI=1S/C59H102O6/c1-4-7-10-13-16-19-22-24-26-28-30-32-33-35-37-40-43-46-49-52-58(61)64-55-56(54-63-57(60)51-48-45-42-39-21-18-15-12-9-6-3)65-59(62)53-50-47-44-41-38-36-34-31-29-27-25-23-20-17-14-11-8-5-2/h7,10,15-16,18-19,24,26-27,29,31,34,56H,4-6,8-9,11-14,17,20-23,25,28,30,32-33,35-55H2,1-3H3/b10-7-,18-15-,19-16-,26-24-,29-27-,34-31-. The van der Waals surface area contributed by atoms with Crippen LogP contribution in [0.4, 0.5) is 0 Å². The van der Waals surface area contributed by atoms with Crippen molar-refractivity contribution >= 4 is 17.9 Å². The Hall–Kier alpha value is -3.15. The number of ether oxygens (including phenoxy) is 3. The molecule has 0 aromatic heterocycles. The van der Waals surface area contributed by atoms with Gasteiger partial charge in [0, 0.05) is 19.3 Å². The van der Waals surface area contributed by atoms with Crippen molar-refractivity contribution in [2.24, 2.45) is 0 Å². The van der Waals surface area contributed by atoms with Crippen LogP contribution in [0.1, 0.15) is 265 Å². The molecule has 0 heterocycles. The molecule has 1 atom stereocenters. The quantitative estimate of drug-likeness (QED) is 0.0199. The van der Waals surface area contributed by atoms with Crippen LogP contribution in [-0.4, -0.2) is 37.2 Å². The summed E-state index contributed by atoms with van der Waals surface area (Å²) in [5.41, 5.74) is 0. The summed E-state index contributed by atoms with van der Waals surface area (Å²) in [4.78, 5) is 38.0. The van der Waals surface area contributed by atoms with Gasteiger partial charge in [-0.3, -0.25) is 14.4 Å². The van der Waals surface area contributed by atoms with E-state index in [1.54, 1.807) is 0 Å². The van der Waals surface area contributed by atoms with E-state index in [0.29, 0.717) is 19.3 Å². The second kappa shape index (κ2) is 53.5. The van der Waals surface area contributed by atoms with Crippen LogP contribution in [0, 0.1) is 0 Å². The highest BCUT2D eigenvalue weighted by Crippen LogP contribution is 2.15. The number of esters is 3. The van der Waals surface area contributed by atoms with Crippen LogP contribution in [0.5, 0.6) is 0 Å². The van der Waals surface area contributed by atoms with Gasteiger partial charge in [0.2, 0.25) is 0 Å². The maximum absolute atomic E-state index is 12.8. The van der Waals surface area contributed by atoms with Crippen molar-refractivity contribution in [1.29, 1.82) is 0 Å². The maximum Gasteiger partial charge on any atom is 0.306 e. The molecule has 0 N–H and O–H groups in total. The molecule has 0 radical (unpaired) electrons. The highest BCUT2D eigenvalue weighted by Gasteiger charge is 2.19. The Balaban J connectivity index is 4.36. The normalized spacial score (nSPS) is 12.6. The van der Waals surface area contributed by atoms with E-state index in [4.69, 9.17) is 14.2 Å². The molecule has 0 saturated heterocycles. The predicted molar refractivity (Wildman–Crippen MR) is 279 cm³/mol. The Morgan fingerprint density at radius 1 is 0.338 bits per heavy atom. The molecule has 0 bridgehead atoms. The zero-order valence-corrected chi connectivity index (χ0v) is 42.7. The van der Waals surface area contributed by atoms with Crippen LogP contribution in [0.2, 0.25) is 0 Å². The highest BCUT2D eigenvalue weighted by atomic mass is 16.6. The van der Waals surface area contributed by atoms with Crippen LogP contribution in [-0.2, 0) is 28.6 Å². The van der Waals surface area contributed by atoms with Crippen molar-refractivity contribution in [3.63, 3.8) is 0 Å². The zero-order valence-electron chi connectivity index (χ0n) is 42.7. The van der Waals surface area contributed by atoms with Crippen molar-refractivity contribution < 1.29 is 28.6 Å². The summed E-state index contributed by atoms with van der Waals surface area (Å²) < 4.78 is 16.8. The number of carbonyl (C=O) groups excluding carboxylic acids is 3. The molecule has 0 aromatic rings. The van der Waals surface area contributed by atoms with Crippen molar-refractivity contribution in [1.82, 2.24) is 0 Å². The predicted octanol–water partition coefficient (Wildman–Crippen LogP) is 18.2. The topological polar surface area (TPSA) is 78.9 Å². The van der Waals surface area contributed by atoms with Gasteiger partial charge in [-0.1, -0.05) is 222 Å². The van der Waals surface area contributed by atoms with E-state index < -0.39 is 6.10 Å². The molecular formula is C59H102O6. The Morgan fingerprint density at radius 2 is 0.662 bits per heavy atom. The third kappa shape index (κ3) is 51.7. The molecule has 0 aliphatic carbocycles. The number of rotatable bonds is 49. The highest BCUT2D eigenvalue weighted by molar-refractivity contribution is 5.71. The molecule has 0 aliphatic heterocycles. The number of hydrogen-bond acceptors (Lipinski definition) is 6. The van der Waals surface area contributed by atoms with E-state index in [-0.39, 0.29) is 31.1 Å². The first-order chi connectivity index (χ1) is 32.0. The summed E-state index contributed by atoms with van der Waals surface area (Å²) >= 11 is 0. The second-order valence-corrected chi connectivity index (χ2v) is 18.1. The molecule has 0 spiro atoms. The van der Waals surface area contributed by atoms with E-state index in [2.05, 4.69) is 93.7 Å². The van der Waals surface area contributed by atoms with E-state index >= 15 is 0 Å². The molecule has 0 amide bonds. The van der Waals surface area contributed by atoms with Crippen molar-refractivity contribution in [3.05, 3.63) is 72.9 Å². The monoisotopic (exact) mass is 907 g/mol. The fraction of sp³-hybridized carbons (Fsp3) is 0.746. The molecule has 6 heteroatoms. The van der Waals surface area contributed by atoms with Gasteiger partial charge < -0.3 is 14.2 Å². The van der Waals surface area contributed by atoms with Gasteiger partial charge in [0.05, 0.1) is 0 Å². The zero-order chi connectivity index (χ0) is 47.2. The van der Waals surface area contributed by atoms with Gasteiger partial charge >= 0.3 is 17.9 Å². The lowest BCUT2D eigenvalue weighted by atomic mass is 10.1. The molecule has 0 saturated carbocycles. The van der Waals surface area contributed by atoms with E-state index in [9.17, 15) is 14.4 Å². The van der Waals surface area contributed by atoms with Crippen LogP contribution in [0.25, 0.3) is 0 Å². The summed E-state index contributed by atoms with van der Waals surface area (Å²) in [6.07, 6.45) is 67.5. The Kier molecular flexibility index (Phi) is 50.9. The number of unbranched alkanes of at least 4 members (excludes halogenated alkanes) is 27. The first-order valence-corrected chi connectivity index (χ1v) is 27.5.